The van der Waals surface area contributed by atoms with Crippen LogP contribution in [0.4, 0.5) is 0 Å². The van der Waals surface area contributed by atoms with Crippen LogP contribution in [-0.4, -0.2) is 24.8 Å². The Morgan fingerprint density at radius 1 is 0.667 bits per heavy atom. The van der Waals surface area contributed by atoms with Crippen molar-refractivity contribution < 1.29 is 4.79 Å². The van der Waals surface area contributed by atoms with Gasteiger partial charge in [0.25, 0.3) is 0 Å². The summed E-state index contributed by atoms with van der Waals surface area (Å²) in [6.07, 6.45) is 23.2. The van der Waals surface area contributed by atoms with Gasteiger partial charge in [-0.15, -0.1) is 0 Å². The third-order valence-corrected chi connectivity index (χ3v) is 7.43. The van der Waals surface area contributed by atoms with Gasteiger partial charge in [0.2, 0.25) is 0 Å². The lowest BCUT2D eigenvalue weighted by molar-refractivity contribution is -0.120. The zero-order chi connectivity index (χ0) is 19.1. The first-order valence-corrected chi connectivity index (χ1v) is 12.1. The molecular formula is C25H43NO. The molecule has 0 aromatic rings. The maximum Gasteiger partial charge on any atom is 0.163 e. The maximum atomic E-state index is 13.7. The largest absolute Gasteiger partial charge is 0.383 e. The second-order valence-corrected chi connectivity index (χ2v) is 9.98. The summed E-state index contributed by atoms with van der Waals surface area (Å²) in [4.78, 5) is 15.8. The summed E-state index contributed by atoms with van der Waals surface area (Å²) in [6.45, 7) is 0. The van der Waals surface area contributed by atoms with Gasteiger partial charge in [0.1, 0.15) is 0 Å². The molecule has 0 aliphatic heterocycles. The van der Waals surface area contributed by atoms with Gasteiger partial charge in [-0.3, -0.25) is 4.79 Å². The van der Waals surface area contributed by atoms with Crippen molar-refractivity contribution in [3.8, 4) is 0 Å². The van der Waals surface area contributed by atoms with E-state index in [0.29, 0.717) is 17.6 Å². The number of hydrogen-bond donors (Lipinski definition) is 0. The van der Waals surface area contributed by atoms with E-state index in [1.165, 1.54) is 95.5 Å². The van der Waals surface area contributed by atoms with Crippen LogP contribution < -0.4 is 0 Å². The molecule has 3 saturated carbocycles. The van der Waals surface area contributed by atoms with Crippen LogP contribution in [0, 0.1) is 23.7 Å². The number of fused-ring (bicyclic) bond motifs is 1. The summed E-state index contributed by atoms with van der Waals surface area (Å²) in [5.74, 6) is 3.28. The van der Waals surface area contributed by atoms with E-state index in [-0.39, 0.29) is 0 Å². The van der Waals surface area contributed by atoms with Gasteiger partial charge >= 0.3 is 0 Å². The second kappa shape index (κ2) is 10.7. The molecule has 0 amide bonds. The molecule has 0 aromatic carbocycles. The third-order valence-electron chi connectivity index (χ3n) is 7.43. The van der Waals surface area contributed by atoms with E-state index in [1.54, 1.807) is 0 Å². The fraction of sp³-hybridized carbons (Fsp3) is 0.880. The fourth-order valence-corrected chi connectivity index (χ4v) is 5.64. The summed E-state index contributed by atoms with van der Waals surface area (Å²) >= 11 is 0. The molecule has 3 aliphatic carbocycles. The van der Waals surface area contributed by atoms with Crippen molar-refractivity contribution in [1.29, 1.82) is 0 Å². The molecule has 0 aromatic heterocycles. The molecule has 154 valence electrons. The minimum Gasteiger partial charge on any atom is -0.383 e. The topological polar surface area (TPSA) is 20.3 Å². The van der Waals surface area contributed by atoms with Crippen molar-refractivity contribution in [3.63, 3.8) is 0 Å². The van der Waals surface area contributed by atoms with E-state index in [0.717, 1.165) is 24.7 Å². The van der Waals surface area contributed by atoms with Gasteiger partial charge in [0.15, 0.2) is 5.78 Å². The Balaban J connectivity index is 1.69. The van der Waals surface area contributed by atoms with Gasteiger partial charge < -0.3 is 4.90 Å². The van der Waals surface area contributed by atoms with Gasteiger partial charge in [0, 0.05) is 31.8 Å². The van der Waals surface area contributed by atoms with Crippen LogP contribution >= 0.6 is 0 Å². The molecule has 0 N–H and O–H groups in total. The molecule has 3 unspecified atom stereocenters. The van der Waals surface area contributed by atoms with Crippen LogP contribution in [0.3, 0.4) is 0 Å². The minimum atomic E-state index is 0.297. The molecule has 3 atom stereocenters. The van der Waals surface area contributed by atoms with E-state index in [9.17, 15) is 4.79 Å². The van der Waals surface area contributed by atoms with Crippen molar-refractivity contribution in [2.45, 2.75) is 103 Å². The number of ketones is 1. The summed E-state index contributed by atoms with van der Waals surface area (Å²) in [5, 5.41) is 0. The molecule has 0 bridgehead atoms. The molecule has 2 heteroatoms. The van der Waals surface area contributed by atoms with Gasteiger partial charge in [0.05, 0.1) is 0 Å². The molecule has 0 heterocycles. The van der Waals surface area contributed by atoms with Crippen molar-refractivity contribution in [3.05, 3.63) is 11.8 Å². The molecule has 3 fully saturated rings. The van der Waals surface area contributed by atoms with E-state index in [1.807, 2.05) is 0 Å². The number of carbonyl (C=O) groups is 1. The zero-order valence-corrected chi connectivity index (χ0v) is 18.1. The van der Waals surface area contributed by atoms with Crippen molar-refractivity contribution in [1.82, 2.24) is 4.90 Å². The fourth-order valence-electron chi connectivity index (χ4n) is 5.64. The highest BCUT2D eigenvalue weighted by atomic mass is 16.1. The highest BCUT2D eigenvalue weighted by Gasteiger charge is 2.38. The Labute approximate surface area is 168 Å². The average Bonchev–Trinajstić information content (AvgIpc) is 3.40. The third kappa shape index (κ3) is 6.64. The summed E-state index contributed by atoms with van der Waals surface area (Å²) in [5.41, 5.74) is 1.18. The molecule has 2 nitrogen and oxygen atoms in total. The van der Waals surface area contributed by atoms with E-state index in [4.69, 9.17) is 0 Å². The molecule has 0 saturated heterocycles. The molecule has 3 aliphatic rings. The van der Waals surface area contributed by atoms with Crippen molar-refractivity contribution in [2.75, 3.05) is 14.1 Å². The van der Waals surface area contributed by atoms with Crippen LogP contribution in [0.5, 0.6) is 0 Å². The van der Waals surface area contributed by atoms with Gasteiger partial charge in [-0.2, -0.15) is 0 Å². The minimum absolute atomic E-state index is 0.297. The molecule has 0 spiro atoms. The van der Waals surface area contributed by atoms with E-state index in [2.05, 4.69) is 25.2 Å². The SMILES string of the molecule is CN(C)/C=C(/C(=O)C1CCCCC2CC2CC1)C1CCCCCCCCC1. The Kier molecular flexibility index (Phi) is 8.27. The lowest BCUT2D eigenvalue weighted by atomic mass is 9.79. The number of Topliss-reactive ketones (excluding diaryl/α,β-unsaturated/α-hetero) is 1. The van der Waals surface area contributed by atoms with Crippen LogP contribution in [0.2, 0.25) is 0 Å². The van der Waals surface area contributed by atoms with Gasteiger partial charge in [-0.1, -0.05) is 64.2 Å². The summed E-state index contributed by atoms with van der Waals surface area (Å²) in [6, 6.07) is 0. The average molecular weight is 374 g/mol. The predicted molar refractivity (Wildman–Crippen MR) is 115 cm³/mol. The summed E-state index contributed by atoms with van der Waals surface area (Å²) in [7, 11) is 4.18. The standard InChI is InChI=1S/C25H43NO/c1-26(2)19-24(20-12-8-6-4-3-5-7-9-13-20)25(27)21-14-10-11-15-22-18-23(22)17-16-21/h19-23H,3-18H2,1-2H3/b24-19+. The van der Waals surface area contributed by atoms with Crippen LogP contribution in [0.1, 0.15) is 103 Å². The zero-order valence-electron chi connectivity index (χ0n) is 18.1. The first-order chi connectivity index (χ1) is 13.1. The number of hydrogen-bond acceptors (Lipinski definition) is 2. The smallest absolute Gasteiger partial charge is 0.163 e. The Morgan fingerprint density at radius 3 is 1.85 bits per heavy atom. The van der Waals surface area contributed by atoms with E-state index < -0.39 is 0 Å². The van der Waals surface area contributed by atoms with Crippen molar-refractivity contribution in [2.24, 2.45) is 23.7 Å². The first kappa shape index (κ1) is 20.9. The second-order valence-electron chi connectivity index (χ2n) is 9.98. The molecular weight excluding hydrogens is 330 g/mol. The maximum absolute atomic E-state index is 13.7. The highest BCUT2D eigenvalue weighted by Crippen LogP contribution is 2.47. The van der Waals surface area contributed by atoms with Crippen LogP contribution in [0.25, 0.3) is 0 Å². The van der Waals surface area contributed by atoms with Crippen LogP contribution in [0.15, 0.2) is 11.8 Å². The quantitative estimate of drug-likeness (QED) is 0.508. The molecule has 27 heavy (non-hydrogen) atoms. The number of allylic oxidation sites excluding steroid dienone is 1. The van der Waals surface area contributed by atoms with Gasteiger partial charge in [-0.05, 0) is 56.3 Å². The lowest BCUT2D eigenvalue weighted by Gasteiger charge is -2.26. The first-order valence-electron chi connectivity index (χ1n) is 12.1. The number of rotatable bonds is 4. The normalized spacial score (nSPS) is 31.8. The monoisotopic (exact) mass is 373 g/mol. The van der Waals surface area contributed by atoms with E-state index >= 15 is 0 Å². The summed E-state index contributed by atoms with van der Waals surface area (Å²) < 4.78 is 0. The Morgan fingerprint density at radius 2 is 1.19 bits per heavy atom. The number of nitrogens with zero attached hydrogens (tertiary/aromatic N) is 1. The highest BCUT2D eigenvalue weighted by molar-refractivity contribution is 5.97. The Hall–Kier alpha value is -0.790. The van der Waals surface area contributed by atoms with Crippen LogP contribution in [-0.2, 0) is 4.79 Å². The Bertz CT molecular complexity index is 485. The lowest BCUT2D eigenvalue weighted by Crippen LogP contribution is -2.24. The van der Waals surface area contributed by atoms with Gasteiger partial charge in [-0.25, -0.2) is 0 Å². The predicted octanol–water partition coefficient (Wildman–Crippen LogP) is 6.75. The van der Waals surface area contributed by atoms with Crippen molar-refractivity contribution >= 4 is 5.78 Å². The number of carbonyl (C=O) groups excluding carboxylic acids is 1. The molecule has 0 radical (unpaired) electrons. The molecule has 3 rings (SSSR count).